The van der Waals surface area contributed by atoms with E-state index in [4.69, 9.17) is 4.74 Å². The molecule has 0 aromatic carbocycles. The highest BCUT2D eigenvalue weighted by molar-refractivity contribution is 9.10. The van der Waals surface area contributed by atoms with Crippen molar-refractivity contribution < 1.29 is 13.5 Å². The Balaban J connectivity index is 3.94. The average molecular weight is 269 g/mol. The second kappa shape index (κ2) is 7.19. The van der Waals surface area contributed by atoms with Crippen molar-refractivity contribution in [3.05, 3.63) is 0 Å². The number of ether oxygens (including phenoxy) is 1. The quantitative estimate of drug-likeness (QED) is 0.421. The minimum absolute atomic E-state index is 0.384. The Morgan fingerprint density at radius 1 is 1.43 bits per heavy atom. The summed E-state index contributed by atoms with van der Waals surface area (Å²) >= 11 is 2.16. The van der Waals surface area contributed by atoms with E-state index in [9.17, 15) is 8.78 Å². The number of hydrogen-bond acceptors (Lipinski definition) is 1. The molecule has 0 amide bonds. The maximum atomic E-state index is 12.3. The van der Waals surface area contributed by atoms with E-state index in [1.165, 1.54) is 7.11 Å². The molecule has 0 aromatic heterocycles. The summed E-state index contributed by atoms with van der Waals surface area (Å²) in [4.78, 5) is -3.10. The first-order chi connectivity index (χ1) is 6.49. The van der Waals surface area contributed by atoms with Crippen LogP contribution in [0.4, 0.5) is 8.78 Å². The molecule has 0 saturated heterocycles. The number of hydrogen-bond donors (Lipinski definition) is 0. The minimum atomic E-state index is -3.10. The van der Waals surface area contributed by atoms with E-state index < -0.39 is 4.83 Å². The van der Waals surface area contributed by atoms with Crippen LogP contribution in [0.2, 0.25) is 0 Å². The smallest absolute Gasteiger partial charge is 0.363 e. The van der Waals surface area contributed by atoms with Gasteiger partial charge in [0, 0.05) is 23.0 Å². The summed E-state index contributed by atoms with van der Waals surface area (Å²) in [6.07, 6.45) is 3.45. The average Bonchev–Trinajstić information content (AvgIpc) is 2.09. The molecule has 0 heterocycles. The number of alkyl halides is 3. The van der Waals surface area contributed by atoms with Crippen molar-refractivity contribution in [2.45, 2.75) is 43.5 Å². The van der Waals surface area contributed by atoms with Gasteiger partial charge in [0.05, 0.1) is 0 Å². The topological polar surface area (TPSA) is 9.23 Å². The summed E-state index contributed by atoms with van der Waals surface area (Å²) in [6.45, 7) is 2.08. The summed E-state index contributed by atoms with van der Waals surface area (Å²) in [5.74, 6) is 4.21. The fraction of sp³-hybridized carbons (Fsp3) is 0.800. The second-order valence-corrected chi connectivity index (χ2v) is 3.98. The molecule has 0 aromatic rings. The van der Waals surface area contributed by atoms with Gasteiger partial charge < -0.3 is 4.74 Å². The first-order valence-electron chi connectivity index (χ1n) is 4.61. The van der Waals surface area contributed by atoms with E-state index in [0.717, 1.165) is 19.3 Å². The van der Waals surface area contributed by atoms with Crippen LogP contribution >= 0.6 is 15.9 Å². The van der Waals surface area contributed by atoms with E-state index in [1.54, 1.807) is 0 Å². The van der Waals surface area contributed by atoms with Gasteiger partial charge in [-0.05, 0) is 18.8 Å². The highest BCUT2D eigenvalue weighted by atomic mass is 79.9. The Morgan fingerprint density at radius 2 is 2.07 bits per heavy atom. The van der Waals surface area contributed by atoms with Crippen molar-refractivity contribution in [1.82, 2.24) is 0 Å². The maximum Gasteiger partial charge on any atom is 0.363 e. The molecule has 1 atom stereocenters. The monoisotopic (exact) mass is 268 g/mol. The number of rotatable bonds is 5. The summed E-state index contributed by atoms with van der Waals surface area (Å²) in [7, 11) is 1.48. The molecule has 0 saturated carbocycles. The third-order valence-corrected chi connectivity index (χ3v) is 1.93. The molecule has 0 fully saturated rings. The molecule has 0 bridgehead atoms. The van der Waals surface area contributed by atoms with Crippen molar-refractivity contribution in [3.8, 4) is 11.8 Å². The molecule has 0 radical (unpaired) electrons. The lowest BCUT2D eigenvalue weighted by molar-refractivity contribution is 0.136. The molecular weight excluding hydrogens is 254 g/mol. The third-order valence-electron chi connectivity index (χ3n) is 1.73. The normalized spacial score (nSPS) is 13.2. The van der Waals surface area contributed by atoms with Gasteiger partial charge in [-0.1, -0.05) is 25.7 Å². The van der Waals surface area contributed by atoms with E-state index in [0.29, 0.717) is 6.42 Å². The van der Waals surface area contributed by atoms with Crippen LogP contribution in [0.5, 0.6) is 0 Å². The Kier molecular flexibility index (Phi) is 7.12. The van der Waals surface area contributed by atoms with Crippen LogP contribution in [0.25, 0.3) is 0 Å². The van der Waals surface area contributed by atoms with Gasteiger partial charge in [-0.25, -0.2) is 0 Å². The van der Waals surface area contributed by atoms with Gasteiger partial charge in [0.25, 0.3) is 0 Å². The van der Waals surface area contributed by atoms with Crippen molar-refractivity contribution in [2.75, 3.05) is 7.11 Å². The molecule has 82 valence electrons. The molecule has 0 aliphatic heterocycles. The lowest BCUT2D eigenvalue weighted by atomic mass is 10.1. The minimum Gasteiger partial charge on any atom is -0.369 e. The fourth-order valence-electron chi connectivity index (χ4n) is 0.991. The van der Waals surface area contributed by atoms with Crippen LogP contribution in [0.3, 0.4) is 0 Å². The van der Waals surface area contributed by atoms with E-state index in [1.807, 2.05) is 5.92 Å². The van der Waals surface area contributed by atoms with E-state index >= 15 is 0 Å². The third kappa shape index (κ3) is 8.46. The Bertz CT molecular complexity index is 202. The standard InChI is InChI=1S/C10H15BrF2O/c1-3-4-5-6-9(14-2)7-8-10(11,12)13/h9H,3-6H2,1-2H3. The summed E-state index contributed by atoms with van der Waals surface area (Å²) in [6, 6.07) is 0. The van der Waals surface area contributed by atoms with Gasteiger partial charge in [-0.15, -0.1) is 0 Å². The van der Waals surface area contributed by atoms with Crippen molar-refractivity contribution in [3.63, 3.8) is 0 Å². The van der Waals surface area contributed by atoms with Gasteiger partial charge in [-0.3, -0.25) is 0 Å². The SMILES string of the molecule is CCCCCC(C#CC(F)(F)Br)OC. The molecule has 0 spiro atoms. The molecular formula is C10H15BrF2O. The largest absolute Gasteiger partial charge is 0.369 e. The van der Waals surface area contributed by atoms with Gasteiger partial charge in [0.15, 0.2) is 0 Å². The van der Waals surface area contributed by atoms with Crippen LogP contribution < -0.4 is 0 Å². The molecule has 1 unspecified atom stereocenters. The van der Waals surface area contributed by atoms with Crippen LogP contribution in [0, 0.1) is 11.8 Å². The lowest BCUT2D eigenvalue weighted by Gasteiger charge is -2.07. The van der Waals surface area contributed by atoms with Crippen LogP contribution in [-0.4, -0.2) is 18.0 Å². The van der Waals surface area contributed by atoms with Crippen LogP contribution in [0.15, 0.2) is 0 Å². The molecule has 0 aliphatic carbocycles. The zero-order valence-electron chi connectivity index (χ0n) is 8.45. The predicted octanol–water partition coefficient (Wildman–Crippen LogP) is 3.57. The van der Waals surface area contributed by atoms with E-state index in [-0.39, 0.29) is 6.10 Å². The van der Waals surface area contributed by atoms with Crippen LogP contribution in [-0.2, 0) is 4.74 Å². The number of halogens is 3. The van der Waals surface area contributed by atoms with E-state index in [2.05, 4.69) is 28.8 Å². The number of unbranched alkanes of at least 4 members (excludes halogenated alkanes) is 2. The molecule has 1 nitrogen and oxygen atoms in total. The summed E-state index contributed by atoms with van der Waals surface area (Å²) < 4.78 is 29.6. The first kappa shape index (κ1) is 13.9. The number of methoxy groups -OCH3 is 1. The summed E-state index contributed by atoms with van der Waals surface area (Å²) in [5, 5.41) is 0. The zero-order chi connectivity index (χ0) is 11.0. The fourth-order valence-corrected chi connectivity index (χ4v) is 1.11. The Labute approximate surface area is 92.3 Å². The van der Waals surface area contributed by atoms with Gasteiger partial charge in [0.1, 0.15) is 6.10 Å². The van der Waals surface area contributed by atoms with Crippen molar-refractivity contribution >= 4 is 15.9 Å². The maximum absolute atomic E-state index is 12.3. The van der Waals surface area contributed by atoms with Gasteiger partial charge in [-0.2, -0.15) is 8.78 Å². The van der Waals surface area contributed by atoms with Crippen molar-refractivity contribution in [1.29, 1.82) is 0 Å². The molecule has 0 N–H and O–H groups in total. The zero-order valence-corrected chi connectivity index (χ0v) is 10.0. The highest BCUT2D eigenvalue weighted by Gasteiger charge is 2.19. The predicted molar refractivity (Wildman–Crippen MR) is 56.6 cm³/mol. The van der Waals surface area contributed by atoms with Gasteiger partial charge >= 0.3 is 4.83 Å². The Morgan fingerprint density at radius 3 is 2.50 bits per heavy atom. The summed E-state index contributed by atoms with van der Waals surface area (Å²) in [5.41, 5.74) is 0. The highest BCUT2D eigenvalue weighted by Crippen LogP contribution is 2.19. The lowest BCUT2D eigenvalue weighted by Crippen LogP contribution is -2.09. The van der Waals surface area contributed by atoms with Crippen LogP contribution in [0.1, 0.15) is 32.6 Å². The Hall–Kier alpha value is -0.140. The second-order valence-electron chi connectivity index (χ2n) is 2.99. The van der Waals surface area contributed by atoms with Gasteiger partial charge in [0.2, 0.25) is 0 Å². The molecule has 14 heavy (non-hydrogen) atoms. The molecule has 0 aliphatic rings. The molecule has 4 heteroatoms. The van der Waals surface area contributed by atoms with Crippen molar-refractivity contribution in [2.24, 2.45) is 0 Å². The molecule has 0 rings (SSSR count). The first-order valence-corrected chi connectivity index (χ1v) is 5.41.